The maximum Gasteiger partial charge on any atom is 0.416 e. The highest BCUT2D eigenvalue weighted by Gasteiger charge is 2.31. The summed E-state index contributed by atoms with van der Waals surface area (Å²) in [5, 5.41) is 0. The maximum atomic E-state index is 12.7. The van der Waals surface area contributed by atoms with Gasteiger partial charge in [0.2, 0.25) is 5.91 Å². The van der Waals surface area contributed by atoms with Gasteiger partial charge in [-0.15, -0.1) is 0 Å². The molecule has 0 aliphatic carbocycles. The monoisotopic (exact) mass is 479 g/mol. The summed E-state index contributed by atoms with van der Waals surface area (Å²) in [5.41, 5.74) is 4.33. The Morgan fingerprint density at radius 2 is 1.47 bits per heavy atom. The van der Waals surface area contributed by atoms with Crippen LogP contribution >= 0.6 is 0 Å². The van der Waals surface area contributed by atoms with Crippen LogP contribution in [0.5, 0.6) is 11.5 Å². The molecular formula is C23H24F3N3O5. The Balaban J connectivity index is 1.50. The number of nitrogens with one attached hydrogen (secondary N) is 2. The largest absolute Gasteiger partial charge is 0.493 e. The highest BCUT2D eigenvalue weighted by Crippen LogP contribution is 2.30. The quantitative estimate of drug-likeness (QED) is 0.643. The smallest absolute Gasteiger partial charge is 0.416 e. The minimum absolute atomic E-state index is 0.151. The van der Waals surface area contributed by atoms with E-state index >= 15 is 0 Å². The first-order valence-corrected chi connectivity index (χ1v) is 10.4. The number of nitrogens with zero attached hydrogens (tertiary/aromatic N) is 1. The second kappa shape index (κ2) is 10.4. The third-order valence-electron chi connectivity index (χ3n) is 5.56. The fraction of sp³-hybridized carbons (Fsp3) is 0.348. The molecule has 2 N–H and O–H groups in total. The average Bonchev–Trinajstić information content (AvgIpc) is 2.85. The fourth-order valence-electron chi connectivity index (χ4n) is 3.60. The van der Waals surface area contributed by atoms with E-state index in [1.807, 2.05) is 0 Å². The molecule has 182 valence electrons. The first kappa shape index (κ1) is 24.9. The Morgan fingerprint density at radius 1 is 0.882 bits per heavy atom. The minimum atomic E-state index is -4.47. The number of benzene rings is 2. The van der Waals surface area contributed by atoms with Gasteiger partial charge in [-0.05, 0) is 55.3 Å². The van der Waals surface area contributed by atoms with Crippen molar-refractivity contribution in [1.82, 2.24) is 15.8 Å². The number of halogens is 3. The van der Waals surface area contributed by atoms with E-state index in [1.165, 1.54) is 31.3 Å². The molecule has 0 spiro atoms. The van der Waals surface area contributed by atoms with Crippen molar-refractivity contribution in [2.24, 2.45) is 5.92 Å². The molecule has 8 nitrogen and oxygen atoms in total. The van der Waals surface area contributed by atoms with Gasteiger partial charge in [0.25, 0.3) is 11.8 Å². The van der Waals surface area contributed by atoms with E-state index < -0.39 is 35.4 Å². The molecule has 3 amide bonds. The predicted molar refractivity (Wildman–Crippen MR) is 115 cm³/mol. The van der Waals surface area contributed by atoms with Crippen molar-refractivity contribution in [3.63, 3.8) is 0 Å². The molecule has 1 aliphatic rings. The van der Waals surface area contributed by atoms with Gasteiger partial charge in [0, 0.05) is 30.1 Å². The van der Waals surface area contributed by atoms with Crippen LogP contribution in [-0.2, 0) is 11.0 Å². The van der Waals surface area contributed by atoms with Gasteiger partial charge in [-0.3, -0.25) is 25.2 Å². The van der Waals surface area contributed by atoms with Crippen LogP contribution in [0.15, 0.2) is 42.5 Å². The summed E-state index contributed by atoms with van der Waals surface area (Å²) in [6.45, 7) is 0.531. The van der Waals surface area contributed by atoms with Crippen LogP contribution in [0.3, 0.4) is 0 Å². The Bertz CT molecular complexity index is 1050. The van der Waals surface area contributed by atoms with Crippen LogP contribution in [0.1, 0.15) is 39.1 Å². The summed E-state index contributed by atoms with van der Waals surface area (Å²) in [7, 11) is 2.91. The number of rotatable bonds is 5. The predicted octanol–water partition coefficient (Wildman–Crippen LogP) is 3.04. The molecule has 1 aliphatic heterocycles. The van der Waals surface area contributed by atoms with Crippen molar-refractivity contribution in [2.45, 2.75) is 19.0 Å². The van der Waals surface area contributed by atoms with E-state index in [-0.39, 0.29) is 24.2 Å². The fourth-order valence-corrected chi connectivity index (χ4v) is 3.60. The topological polar surface area (TPSA) is 97.0 Å². The molecular weight excluding hydrogens is 455 g/mol. The van der Waals surface area contributed by atoms with Crippen LogP contribution in [0, 0.1) is 5.92 Å². The number of carbonyl (C=O) groups excluding carboxylic acids is 3. The molecule has 0 atom stereocenters. The molecule has 34 heavy (non-hydrogen) atoms. The van der Waals surface area contributed by atoms with Gasteiger partial charge in [-0.2, -0.15) is 13.2 Å². The number of amides is 3. The van der Waals surface area contributed by atoms with Crippen molar-refractivity contribution in [2.75, 3.05) is 27.3 Å². The number of hydrazine groups is 1. The van der Waals surface area contributed by atoms with Gasteiger partial charge >= 0.3 is 6.18 Å². The third-order valence-corrected chi connectivity index (χ3v) is 5.56. The SMILES string of the molecule is COc1ccc(C(=O)NNC(=O)C2CCN(C(=O)c3ccc(C(F)(F)F)cc3)CC2)cc1OC. The molecule has 0 bridgehead atoms. The van der Waals surface area contributed by atoms with Crippen molar-refractivity contribution in [1.29, 1.82) is 0 Å². The van der Waals surface area contributed by atoms with E-state index in [4.69, 9.17) is 9.47 Å². The van der Waals surface area contributed by atoms with E-state index in [0.29, 0.717) is 24.3 Å². The van der Waals surface area contributed by atoms with Gasteiger partial charge < -0.3 is 14.4 Å². The molecule has 2 aromatic rings. The highest BCUT2D eigenvalue weighted by molar-refractivity contribution is 5.96. The summed E-state index contributed by atoms with van der Waals surface area (Å²) in [6, 6.07) is 8.60. The lowest BCUT2D eigenvalue weighted by molar-refractivity contribution is -0.137. The average molecular weight is 479 g/mol. The van der Waals surface area contributed by atoms with E-state index in [9.17, 15) is 27.6 Å². The molecule has 0 aromatic heterocycles. The lowest BCUT2D eigenvalue weighted by Gasteiger charge is -2.31. The lowest BCUT2D eigenvalue weighted by Crippen LogP contribution is -2.48. The first-order valence-electron chi connectivity index (χ1n) is 10.4. The van der Waals surface area contributed by atoms with Gasteiger partial charge in [-0.25, -0.2) is 0 Å². The van der Waals surface area contributed by atoms with Gasteiger partial charge in [0.15, 0.2) is 11.5 Å². The van der Waals surface area contributed by atoms with E-state index in [2.05, 4.69) is 10.9 Å². The van der Waals surface area contributed by atoms with E-state index in [0.717, 1.165) is 24.3 Å². The number of carbonyl (C=O) groups is 3. The van der Waals surface area contributed by atoms with Crippen LogP contribution in [0.2, 0.25) is 0 Å². The van der Waals surface area contributed by atoms with Gasteiger partial charge in [0.1, 0.15) is 0 Å². The number of alkyl halides is 3. The molecule has 0 saturated carbocycles. The van der Waals surface area contributed by atoms with Crippen LogP contribution in [0.4, 0.5) is 13.2 Å². The summed E-state index contributed by atoms with van der Waals surface area (Å²) >= 11 is 0. The van der Waals surface area contributed by atoms with Crippen LogP contribution < -0.4 is 20.3 Å². The molecule has 3 rings (SSSR count). The summed E-state index contributed by atoms with van der Waals surface area (Å²) in [4.78, 5) is 38.9. The number of hydrogen-bond acceptors (Lipinski definition) is 5. The Hall–Kier alpha value is -3.76. The standard InChI is InChI=1S/C23H24F3N3O5/c1-33-18-8-5-16(13-19(18)34-2)21(31)28-27-20(30)14-9-11-29(12-10-14)22(32)15-3-6-17(7-4-15)23(24,25)26/h3-8,13-14H,9-12H2,1-2H3,(H,27,30)(H,28,31). The molecule has 1 fully saturated rings. The normalized spacial score (nSPS) is 14.3. The summed E-state index contributed by atoms with van der Waals surface area (Å²) in [5.74, 6) is -0.927. The van der Waals surface area contributed by atoms with Gasteiger partial charge in [-0.1, -0.05) is 0 Å². The molecule has 0 unspecified atom stereocenters. The van der Waals surface area contributed by atoms with Crippen molar-refractivity contribution in [3.8, 4) is 11.5 Å². The highest BCUT2D eigenvalue weighted by atomic mass is 19.4. The Kier molecular flexibility index (Phi) is 7.64. The van der Waals surface area contributed by atoms with Crippen molar-refractivity contribution in [3.05, 3.63) is 59.2 Å². The zero-order chi connectivity index (χ0) is 24.9. The third kappa shape index (κ3) is 5.77. The van der Waals surface area contributed by atoms with Crippen LogP contribution in [0.25, 0.3) is 0 Å². The first-order chi connectivity index (χ1) is 16.1. The lowest BCUT2D eigenvalue weighted by atomic mass is 9.95. The minimum Gasteiger partial charge on any atom is -0.493 e. The van der Waals surface area contributed by atoms with Crippen LogP contribution in [-0.4, -0.2) is 49.9 Å². The molecule has 11 heteroatoms. The second-order valence-electron chi connectivity index (χ2n) is 7.65. The van der Waals surface area contributed by atoms with E-state index in [1.54, 1.807) is 6.07 Å². The molecule has 0 radical (unpaired) electrons. The van der Waals surface area contributed by atoms with Gasteiger partial charge in [0.05, 0.1) is 19.8 Å². The molecule has 2 aromatic carbocycles. The maximum absolute atomic E-state index is 12.7. The number of piperidine rings is 1. The Labute approximate surface area is 194 Å². The number of methoxy groups -OCH3 is 2. The molecule has 1 saturated heterocycles. The summed E-state index contributed by atoms with van der Waals surface area (Å²) in [6.07, 6.45) is -3.77. The van der Waals surface area contributed by atoms with Crippen molar-refractivity contribution < 1.29 is 37.0 Å². The molecule has 1 heterocycles. The van der Waals surface area contributed by atoms with Crippen molar-refractivity contribution >= 4 is 17.7 Å². The number of likely N-dealkylation sites (tertiary alicyclic amines) is 1. The number of hydrogen-bond donors (Lipinski definition) is 2. The zero-order valence-corrected chi connectivity index (χ0v) is 18.6. The second-order valence-corrected chi connectivity index (χ2v) is 7.65. The number of ether oxygens (including phenoxy) is 2. The Morgan fingerprint density at radius 3 is 2.03 bits per heavy atom. The summed E-state index contributed by atoms with van der Waals surface area (Å²) < 4.78 is 48.4. The zero-order valence-electron chi connectivity index (χ0n) is 18.6.